The number of aromatic amines is 1. The van der Waals surface area contributed by atoms with Crippen LogP contribution in [-0.2, 0) is 9.53 Å². The van der Waals surface area contributed by atoms with Gasteiger partial charge in [0.15, 0.2) is 11.6 Å². The average molecular weight is 306 g/mol. The molecule has 0 aliphatic carbocycles. The average Bonchev–Trinajstić information content (AvgIpc) is 3.08. The Morgan fingerprint density at radius 3 is 3.09 bits per heavy atom. The first-order valence-electron chi connectivity index (χ1n) is 7.06. The molecule has 3 rings (SSSR count). The van der Waals surface area contributed by atoms with Crippen LogP contribution in [0.2, 0.25) is 0 Å². The summed E-state index contributed by atoms with van der Waals surface area (Å²) in [7, 11) is 0. The smallest absolute Gasteiger partial charge is 0.239 e. The van der Waals surface area contributed by atoms with Crippen molar-refractivity contribution in [1.82, 2.24) is 25.2 Å². The molecule has 22 heavy (non-hydrogen) atoms. The zero-order chi connectivity index (χ0) is 15.5. The van der Waals surface area contributed by atoms with E-state index >= 15 is 0 Å². The lowest BCUT2D eigenvalue weighted by Gasteiger charge is -2.30. The zero-order valence-corrected chi connectivity index (χ0v) is 12.5. The van der Waals surface area contributed by atoms with Crippen LogP contribution in [0, 0.1) is 13.8 Å². The summed E-state index contributed by atoms with van der Waals surface area (Å²) in [5.41, 5.74) is 0. The Hall–Kier alpha value is -2.26. The number of aromatic nitrogens is 4. The molecule has 1 aliphatic heterocycles. The highest BCUT2D eigenvalue weighted by Crippen LogP contribution is 2.18. The van der Waals surface area contributed by atoms with Crippen LogP contribution in [0.1, 0.15) is 23.5 Å². The summed E-state index contributed by atoms with van der Waals surface area (Å²) in [4.78, 5) is 18.3. The minimum atomic E-state index is -0.221. The lowest BCUT2D eigenvalue weighted by atomic mass is 10.2. The molecule has 3 heterocycles. The molecule has 0 radical (unpaired) electrons. The van der Waals surface area contributed by atoms with E-state index in [1.54, 1.807) is 13.0 Å². The maximum Gasteiger partial charge on any atom is 0.239 e. The molecule has 1 aliphatic rings. The van der Waals surface area contributed by atoms with Crippen molar-refractivity contribution in [2.45, 2.75) is 20.0 Å². The number of hydrogen-bond acceptors (Lipinski definition) is 7. The van der Waals surface area contributed by atoms with E-state index in [1.807, 2.05) is 11.8 Å². The number of aryl methyl sites for hydroxylation is 2. The number of carbonyl (C=O) groups is 1. The lowest BCUT2D eigenvalue weighted by Crippen LogP contribution is -2.42. The van der Waals surface area contributed by atoms with E-state index in [-0.39, 0.29) is 18.6 Å². The van der Waals surface area contributed by atoms with Gasteiger partial charge in [0.05, 0.1) is 13.2 Å². The molecule has 1 fully saturated rings. The molecule has 0 saturated carbocycles. The fourth-order valence-corrected chi connectivity index (χ4v) is 2.32. The third kappa shape index (κ3) is 3.49. The first kappa shape index (κ1) is 14.7. The van der Waals surface area contributed by atoms with Crippen molar-refractivity contribution in [1.29, 1.82) is 0 Å². The number of anilines is 1. The van der Waals surface area contributed by atoms with Gasteiger partial charge in [0, 0.05) is 19.2 Å². The molecule has 0 aromatic carbocycles. The first-order valence-corrected chi connectivity index (χ1v) is 7.06. The summed E-state index contributed by atoms with van der Waals surface area (Å²) in [6, 6.07) is 1.68. The van der Waals surface area contributed by atoms with Gasteiger partial charge in [-0.2, -0.15) is 5.10 Å². The summed E-state index contributed by atoms with van der Waals surface area (Å²) in [6.45, 7) is 5.66. The SMILES string of the molecule is Cc1nc([C@H]2CN(CC(=O)Nc3cc(C)on3)CCO2)n[nH]1. The Morgan fingerprint density at radius 1 is 1.55 bits per heavy atom. The first-order chi connectivity index (χ1) is 10.6. The topological polar surface area (TPSA) is 109 Å². The van der Waals surface area contributed by atoms with Crippen LogP contribution in [0.5, 0.6) is 0 Å². The maximum atomic E-state index is 12.0. The molecule has 1 amide bonds. The van der Waals surface area contributed by atoms with Gasteiger partial charge in [0.2, 0.25) is 5.91 Å². The van der Waals surface area contributed by atoms with Crippen LogP contribution in [0.25, 0.3) is 0 Å². The predicted octanol–water partition coefficient (Wildman–Crippen LogP) is 0.422. The molecule has 1 atom stereocenters. The quantitative estimate of drug-likeness (QED) is 0.842. The molecule has 9 nitrogen and oxygen atoms in total. The van der Waals surface area contributed by atoms with E-state index in [9.17, 15) is 4.79 Å². The minimum Gasteiger partial charge on any atom is -0.367 e. The lowest BCUT2D eigenvalue weighted by molar-refractivity contribution is -0.119. The predicted molar refractivity (Wildman–Crippen MR) is 76.1 cm³/mol. The van der Waals surface area contributed by atoms with Gasteiger partial charge in [-0.15, -0.1) is 0 Å². The fourth-order valence-electron chi connectivity index (χ4n) is 2.32. The monoisotopic (exact) mass is 306 g/mol. The number of nitrogens with zero attached hydrogens (tertiary/aromatic N) is 4. The van der Waals surface area contributed by atoms with Gasteiger partial charge in [0.25, 0.3) is 0 Å². The molecule has 0 unspecified atom stereocenters. The van der Waals surface area contributed by atoms with Crippen molar-refractivity contribution < 1.29 is 14.1 Å². The van der Waals surface area contributed by atoms with Crippen molar-refractivity contribution in [2.24, 2.45) is 0 Å². The fraction of sp³-hybridized carbons (Fsp3) is 0.538. The van der Waals surface area contributed by atoms with Crippen molar-refractivity contribution >= 4 is 11.7 Å². The third-order valence-corrected chi connectivity index (χ3v) is 3.32. The van der Waals surface area contributed by atoms with Gasteiger partial charge < -0.3 is 14.6 Å². The Labute approximate surface area is 127 Å². The maximum absolute atomic E-state index is 12.0. The van der Waals surface area contributed by atoms with Gasteiger partial charge in [-0.25, -0.2) is 4.98 Å². The third-order valence-electron chi connectivity index (χ3n) is 3.32. The molecular weight excluding hydrogens is 288 g/mol. The second-order valence-corrected chi connectivity index (χ2v) is 5.24. The van der Waals surface area contributed by atoms with Crippen LogP contribution in [-0.4, -0.2) is 57.4 Å². The van der Waals surface area contributed by atoms with Gasteiger partial charge in [-0.3, -0.25) is 14.8 Å². The van der Waals surface area contributed by atoms with Crippen molar-refractivity contribution in [3.05, 3.63) is 23.5 Å². The summed E-state index contributed by atoms with van der Waals surface area (Å²) < 4.78 is 10.6. The number of carbonyl (C=O) groups excluding carboxylic acids is 1. The summed E-state index contributed by atoms with van der Waals surface area (Å²) in [5, 5.41) is 13.4. The van der Waals surface area contributed by atoms with Crippen molar-refractivity contribution in [2.75, 3.05) is 31.6 Å². The summed E-state index contributed by atoms with van der Waals surface area (Å²) >= 11 is 0. The largest absolute Gasteiger partial charge is 0.367 e. The highest BCUT2D eigenvalue weighted by Gasteiger charge is 2.26. The van der Waals surface area contributed by atoms with Gasteiger partial charge in [0.1, 0.15) is 17.7 Å². The summed E-state index contributed by atoms with van der Waals surface area (Å²) in [6.07, 6.45) is -0.221. The number of amides is 1. The Balaban J connectivity index is 1.54. The highest BCUT2D eigenvalue weighted by molar-refractivity contribution is 5.91. The van der Waals surface area contributed by atoms with E-state index in [0.717, 1.165) is 5.82 Å². The normalized spacial score (nSPS) is 19.3. The number of nitrogens with one attached hydrogen (secondary N) is 2. The molecule has 2 aromatic heterocycles. The van der Waals surface area contributed by atoms with Gasteiger partial charge in [-0.1, -0.05) is 5.16 Å². The van der Waals surface area contributed by atoms with Crippen LogP contribution in [0.15, 0.2) is 10.6 Å². The molecule has 2 N–H and O–H groups in total. The highest BCUT2D eigenvalue weighted by atomic mass is 16.5. The molecule has 0 spiro atoms. The molecule has 9 heteroatoms. The van der Waals surface area contributed by atoms with Gasteiger partial charge >= 0.3 is 0 Å². The van der Waals surface area contributed by atoms with E-state index in [4.69, 9.17) is 9.26 Å². The zero-order valence-electron chi connectivity index (χ0n) is 12.5. The van der Waals surface area contributed by atoms with Gasteiger partial charge in [-0.05, 0) is 13.8 Å². The van der Waals surface area contributed by atoms with E-state index in [1.165, 1.54) is 0 Å². The van der Waals surface area contributed by atoms with Crippen molar-refractivity contribution in [3.8, 4) is 0 Å². The van der Waals surface area contributed by atoms with Crippen molar-refractivity contribution in [3.63, 3.8) is 0 Å². The van der Waals surface area contributed by atoms with E-state index < -0.39 is 0 Å². The Kier molecular flexibility index (Phi) is 4.16. The van der Waals surface area contributed by atoms with Crippen LogP contribution >= 0.6 is 0 Å². The molecule has 0 bridgehead atoms. The molecule has 2 aromatic rings. The number of hydrogen-bond donors (Lipinski definition) is 2. The Morgan fingerprint density at radius 2 is 2.41 bits per heavy atom. The number of morpholine rings is 1. The molecule has 1 saturated heterocycles. The number of ether oxygens (including phenoxy) is 1. The van der Waals surface area contributed by atoms with Crippen LogP contribution in [0.3, 0.4) is 0 Å². The van der Waals surface area contributed by atoms with E-state index in [2.05, 4.69) is 25.7 Å². The Bertz CT molecular complexity index is 652. The minimum absolute atomic E-state index is 0.139. The molecule has 118 valence electrons. The second kappa shape index (κ2) is 6.24. The summed E-state index contributed by atoms with van der Waals surface area (Å²) in [5.74, 6) is 2.31. The van der Waals surface area contributed by atoms with Crippen LogP contribution < -0.4 is 5.32 Å². The second-order valence-electron chi connectivity index (χ2n) is 5.24. The number of H-pyrrole nitrogens is 1. The standard InChI is InChI=1S/C13H18N6O3/c1-8-5-11(18-22-8)15-12(20)7-19-3-4-21-10(6-19)13-14-9(2)16-17-13/h5,10H,3-4,6-7H2,1-2H3,(H,14,16,17)(H,15,18,20)/t10-/m1/s1. The van der Waals surface area contributed by atoms with E-state index in [0.29, 0.717) is 37.1 Å². The number of rotatable bonds is 4. The van der Waals surface area contributed by atoms with Crippen LogP contribution in [0.4, 0.5) is 5.82 Å². The molecular formula is C13H18N6O3.